The molecule has 116 valence electrons. The smallest absolute Gasteiger partial charge is 0.300 e. The largest absolute Gasteiger partial charge is 0.305 e. The molecule has 22 heavy (non-hydrogen) atoms. The van der Waals surface area contributed by atoms with Gasteiger partial charge in [0.1, 0.15) is 10.6 Å². The van der Waals surface area contributed by atoms with E-state index in [1.165, 1.54) is 18.2 Å². The maximum Gasteiger partial charge on any atom is 0.300 e. The number of H-pyrrole nitrogens is 1. The minimum absolute atomic E-state index is 0.0803. The van der Waals surface area contributed by atoms with Gasteiger partial charge >= 0.3 is 5.69 Å². The fourth-order valence-corrected chi connectivity index (χ4v) is 2.23. The van der Waals surface area contributed by atoms with Crippen molar-refractivity contribution >= 4 is 29.0 Å². The van der Waals surface area contributed by atoms with Gasteiger partial charge in [-0.2, -0.15) is 5.10 Å². The van der Waals surface area contributed by atoms with Crippen LogP contribution >= 0.6 is 11.6 Å². The van der Waals surface area contributed by atoms with Crippen molar-refractivity contribution in [3.8, 4) is 0 Å². The number of nitrogens with zero attached hydrogens (tertiary/aromatic N) is 2. The van der Waals surface area contributed by atoms with E-state index < -0.39 is 16.5 Å². The lowest BCUT2D eigenvalue weighted by molar-refractivity contribution is -0.385. The predicted molar refractivity (Wildman–Crippen MR) is 83.3 cm³/mol. The second-order valence-corrected chi connectivity index (χ2v) is 5.14. The molecule has 2 N–H and O–H groups in total. The number of hydrogen-bond acceptors (Lipinski definition) is 4. The highest BCUT2D eigenvalue weighted by Gasteiger charge is 2.24. The van der Waals surface area contributed by atoms with Crippen molar-refractivity contribution in [3.63, 3.8) is 0 Å². The Morgan fingerprint density at radius 3 is 2.95 bits per heavy atom. The average molecular weight is 323 g/mol. The van der Waals surface area contributed by atoms with Crippen LogP contribution in [0.5, 0.6) is 0 Å². The molecule has 0 saturated heterocycles. The molecule has 1 aromatic heterocycles. The van der Waals surface area contributed by atoms with Gasteiger partial charge in [-0.05, 0) is 25.0 Å². The zero-order valence-electron chi connectivity index (χ0n) is 11.9. The summed E-state index contributed by atoms with van der Waals surface area (Å²) in [5, 5.41) is 20.3. The van der Waals surface area contributed by atoms with E-state index in [0.717, 1.165) is 25.0 Å². The van der Waals surface area contributed by atoms with E-state index in [0.29, 0.717) is 5.82 Å². The number of benzene rings is 1. The number of halogens is 1. The van der Waals surface area contributed by atoms with Crippen molar-refractivity contribution in [3.05, 3.63) is 50.7 Å². The third-order valence-electron chi connectivity index (χ3n) is 3.09. The van der Waals surface area contributed by atoms with Gasteiger partial charge in [0.15, 0.2) is 5.82 Å². The van der Waals surface area contributed by atoms with E-state index in [9.17, 15) is 14.9 Å². The second-order valence-electron chi connectivity index (χ2n) is 4.73. The molecular formula is C14H15ClN4O3. The first-order valence-electron chi connectivity index (χ1n) is 6.81. The maximum atomic E-state index is 12.2. The molecule has 0 aliphatic heterocycles. The van der Waals surface area contributed by atoms with Crippen molar-refractivity contribution in [1.29, 1.82) is 0 Å². The standard InChI is InChI=1S/C14H15ClN4O3/c1-2-3-5-9-8-12(18-17-9)16-14(20)10-6-4-7-11(15)13(10)19(21)22/h4,6-8H,2-3,5H2,1H3,(H2,16,17,18,20). The van der Waals surface area contributed by atoms with Gasteiger partial charge in [0.25, 0.3) is 5.91 Å². The average Bonchev–Trinajstić information content (AvgIpc) is 2.91. The summed E-state index contributed by atoms with van der Waals surface area (Å²) in [5.41, 5.74) is 0.386. The fraction of sp³-hybridized carbons (Fsp3) is 0.286. The molecule has 0 saturated carbocycles. The number of aromatic amines is 1. The summed E-state index contributed by atoms with van der Waals surface area (Å²) in [6.07, 6.45) is 2.89. The van der Waals surface area contributed by atoms with Crippen molar-refractivity contribution < 1.29 is 9.72 Å². The molecule has 2 aromatic rings. The topological polar surface area (TPSA) is 101 Å². The number of para-hydroxylation sites is 1. The summed E-state index contributed by atoms with van der Waals surface area (Å²) >= 11 is 5.79. The third kappa shape index (κ3) is 3.62. The van der Waals surface area contributed by atoms with Crippen LogP contribution in [0.1, 0.15) is 35.8 Å². The molecule has 1 heterocycles. The van der Waals surface area contributed by atoms with E-state index in [1.807, 2.05) is 0 Å². The Hall–Kier alpha value is -2.41. The van der Waals surface area contributed by atoms with Gasteiger partial charge in [0.05, 0.1) is 4.92 Å². The lowest BCUT2D eigenvalue weighted by Crippen LogP contribution is -2.14. The number of aromatic nitrogens is 2. The van der Waals surface area contributed by atoms with Crippen LogP contribution in [0.2, 0.25) is 5.02 Å². The van der Waals surface area contributed by atoms with Crippen LogP contribution in [-0.2, 0) is 6.42 Å². The number of unbranched alkanes of at least 4 members (excludes halogenated alkanes) is 1. The number of nitro groups is 1. The number of amides is 1. The maximum absolute atomic E-state index is 12.2. The molecule has 1 amide bonds. The quantitative estimate of drug-likeness (QED) is 0.627. The summed E-state index contributed by atoms with van der Waals surface area (Å²) in [5.74, 6) is -0.298. The number of nitrogens with one attached hydrogen (secondary N) is 2. The van der Waals surface area contributed by atoms with E-state index in [1.54, 1.807) is 6.07 Å². The van der Waals surface area contributed by atoms with Gasteiger partial charge in [-0.1, -0.05) is 31.0 Å². The van der Waals surface area contributed by atoms with Crippen molar-refractivity contribution in [2.24, 2.45) is 0 Å². The van der Waals surface area contributed by atoms with Crippen LogP contribution < -0.4 is 5.32 Å². The second kappa shape index (κ2) is 7.04. The predicted octanol–water partition coefficient (Wildman–Crippen LogP) is 3.57. The summed E-state index contributed by atoms with van der Waals surface area (Å²) < 4.78 is 0. The van der Waals surface area contributed by atoms with Gasteiger partial charge in [-0.15, -0.1) is 0 Å². The van der Waals surface area contributed by atoms with Crippen molar-refractivity contribution in [1.82, 2.24) is 10.2 Å². The van der Waals surface area contributed by atoms with Crippen LogP contribution in [-0.4, -0.2) is 21.0 Å². The molecule has 0 unspecified atom stereocenters. The number of nitro benzene ring substituents is 1. The first-order chi connectivity index (χ1) is 10.5. The Morgan fingerprint density at radius 1 is 1.50 bits per heavy atom. The highest BCUT2D eigenvalue weighted by molar-refractivity contribution is 6.33. The minimum atomic E-state index is -0.672. The van der Waals surface area contributed by atoms with Gasteiger partial charge in [-0.25, -0.2) is 0 Å². The number of aryl methyl sites for hydroxylation is 1. The Morgan fingerprint density at radius 2 is 2.27 bits per heavy atom. The molecule has 1 aromatic carbocycles. The normalized spacial score (nSPS) is 10.5. The molecule has 2 rings (SSSR count). The zero-order chi connectivity index (χ0) is 16.1. The van der Waals surface area contributed by atoms with Gasteiger partial charge in [0, 0.05) is 11.8 Å². The van der Waals surface area contributed by atoms with Gasteiger partial charge in [0.2, 0.25) is 0 Å². The molecule has 0 atom stereocenters. The fourth-order valence-electron chi connectivity index (χ4n) is 1.99. The van der Waals surface area contributed by atoms with E-state index in [-0.39, 0.29) is 10.6 Å². The Balaban J connectivity index is 2.17. The molecule has 7 nitrogen and oxygen atoms in total. The summed E-state index contributed by atoms with van der Waals surface area (Å²) in [7, 11) is 0. The number of rotatable bonds is 6. The molecule has 8 heteroatoms. The highest BCUT2D eigenvalue weighted by Crippen LogP contribution is 2.28. The van der Waals surface area contributed by atoms with Crippen LogP contribution in [0, 0.1) is 10.1 Å². The third-order valence-corrected chi connectivity index (χ3v) is 3.39. The van der Waals surface area contributed by atoms with E-state index in [2.05, 4.69) is 22.4 Å². The number of carbonyl (C=O) groups excluding carboxylic acids is 1. The van der Waals surface area contributed by atoms with Crippen LogP contribution in [0.25, 0.3) is 0 Å². The molecule has 0 bridgehead atoms. The first-order valence-corrected chi connectivity index (χ1v) is 7.19. The lowest BCUT2D eigenvalue weighted by atomic mass is 10.1. The zero-order valence-corrected chi connectivity index (χ0v) is 12.7. The van der Waals surface area contributed by atoms with Crippen LogP contribution in [0.4, 0.5) is 11.5 Å². The van der Waals surface area contributed by atoms with Crippen LogP contribution in [0.3, 0.4) is 0 Å². The Kier molecular flexibility index (Phi) is 5.11. The summed E-state index contributed by atoms with van der Waals surface area (Å²) in [4.78, 5) is 22.6. The molecule has 0 radical (unpaired) electrons. The Labute approximate surface area is 131 Å². The minimum Gasteiger partial charge on any atom is -0.305 e. The molecule has 0 spiro atoms. The summed E-state index contributed by atoms with van der Waals surface area (Å²) in [6, 6.07) is 5.92. The van der Waals surface area contributed by atoms with Gasteiger partial charge < -0.3 is 5.32 Å². The van der Waals surface area contributed by atoms with Gasteiger partial charge in [-0.3, -0.25) is 20.0 Å². The van der Waals surface area contributed by atoms with E-state index in [4.69, 9.17) is 11.6 Å². The molecular weight excluding hydrogens is 308 g/mol. The van der Waals surface area contributed by atoms with Crippen molar-refractivity contribution in [2.75, 3.05) is 5.32 Å². The first kappa shape index (κ1) is 16.0. The summed E-state index contributed by atoms with van der Waals surface area (Å²) in [6.45, 7) is 2.08. The lowest BCUT2D eigenvalue weighted by Gasteiger charge is -2.04. The molecule has 0 aliphatic carbocycles. The number of hydrogen-bond donors (Lipinski definition) is 2. The Bertz CT molecular complexity index is 699. The highest BCUT2D eigenvalue weighted by atomic mass is 35.5. The molecule has 0 fully saturated rings. The monoisotopic (exact) mass is 322 g/mol. The number of anilines is 1. The number of carbonyl (C=O) groups is 1. The SMILES string of the molecule is CCCCc1cc(NC(=O)c2cccc(Cl)c2[N+](=O)[O-])n[nH]1. The van der Waals surface area contributed by atoms with Crippen molar-refractivity contribution in [2.45, 2.75) is 26.2 Å². The van der Waals surface area contributed by atoms with Crippen LogP contribution in [0.15, 0.2) is 24.3 Å². The van der Waals surface area contributed by atoms with E-state index >= 15 is 0 Å². The molecule has 0 aliphatic rings.